The molecule has 7 nitrogen and oxygen atoms in total. The van der Waals surface area contributed by atoms with Crippen LogP contribution in [0.15, 0.2) is 36.5 Å². The number of nitrogens with zero attached hydrogens (tertiary/aromatic N) is 1. The number of carbonyl (C=O) groups excluding carboxylic acids is 3. The molecule has 1 atom stereocenters. The molecule has 0 aliphatic heterocycles. The fourth-order valence-electron chi connectivity index (χ4n) is 1.98. The number of nitrogens with one attached hydrogen (secondary N) is 2. The van der Waals surface area contributed by atoms with Crippen LogP contribution < -0.4 is 10.6 Å². The van der Waals surface area contributed by atoms with Crippen LogP contribution in [0.4, 0.5) is 10.1 Å². The van der Waals surface area contributed by atoms with E-state index in [-0.39, 0.29) is 11.4 Å². The van der Waals surface area contributed by atoms with Gasteiger partial charge >= 0.3 is 5.97 Å². The molecule has 2 N–H and O–H groups in total. The Balaban J connectivity index is 1.82. The predicted octanol–water partition coefficient (Wildman–Crippen LogP) is 2.48. The lowest BCUT2D eigenvalue weighted by molar-refractivity contribution is -0.152. The van der Waals surface area contributed by atoms with Crippen LogP contribution in [-0.4, -0.2) is 35.4 Å². The highest BCUT2D eigenvalue weighted by molar-refractivity contribution is 6.30. The van der Waals surface area contributed by atoms with Crippen LogP contribution in [0, 0.1) is 12.7 Å². The van der Waals surface area contributed by atoms with Crippen LogP contribution in [0.5, 0.6) is 0 Å². The highest BCUT2D eigenvalue weighted by Gasteiger charge is 2.19. The van der Waals surface area contributed by atoms with E-state index in [1.165, 1.54) is 43.5 Å². The average Bonchev–Trinajstić information content (AvgIpc) is 2.62. The van der Waals surface area contributed by atoms with Gasteiger partial charge in [-0.15, -0.1) is 0 Å². The quantitative estimate of drug-likeness (QED) is 0.735. The highest BCUT2D eigenvalue weighted by atomic mass is 35.5. The number of anilines is 1. The van der Waals surface area contributed by atoms with E-state index in [0.717, 1.165) is 0 Å². The predicted molar refractivity (Wildman–Crippen MR) is 96.9 cm³/mol. The van der Waals surface area contributed by atoms with E-state index >= 15 is 0 Å². The first-order chi connectivity index (χ1) is 12.8. The number of hydrogen-bond donors (Lipinski definition) is 2. The molecule has 1 aromatic carbocycles. The molecule has 0 radical (unpaired) electrons. The maximum atomic E-state index is 13.5. The van der Waals surface area contributed by atoms with Gasteiger partial charge in [0.1, 0.15) is 18.1 Å². The molecule has 142 valence electrons. The number of pyridine rings is 1. The van der Waals surface area contributed by atoms with Crippen LogP contribution in [0.25, 0.3) is 0 Å². The molecule has 27 heavy (non-hydrogen) atoms. The van der Waals surface area contributed by atoms with Crippen molar-refractivity contribution in [2.24, 2.45) is 0 Å². The zero-order valence-electron chi connectivity index (χ0n) is 14.6. The van der Waals surface area contributed by atoms with Gasteiger partial charge in [0.25, 0.3) is 11.8 Å². The van der Waals surface area contributed by atoms with Crippen molar-refractivity contribution >= 4 is 35.1 Å². The molecular weight excluding hydrogens is 377 g/mol. The lowest BCUT2D eigenvalue weighted by Crippen LogP contribution is -2.36. The van der Waals surface area contributed by atoms with Gasteiger partial charge in [0, 0.05) is 16.9 Å². The first kappa shape index (κ1) is 20.3. The average molecular weight is 394 g/mol. The van der Waals surface area contributed by atoms with Crippen LogP contribution in [-0.2, 0) is 14.3 Å². The summed E-state index contributed by atoms with van der Waals surface area (Å²) >= 11 is 5.76. The number of ether oxygens (including phenoxy) is 1. The van der Waals surface area contributed by atoms with Gasteiger partial charge in [-0.3, -0.25) is 19.4 Å². The first-order valence-corrected chi connectivity index (χ1v) is 8.30. The molecule has 0 saturated heterocycles. The van der Waals surface area contributed by atoms with Gasteiger partial charge in [0.2, 0.25) is 0 Å². The van der Waals surface area contributed by atoms with Crippen molar-refractivity contribution in [3.63, 3.8) is 0 Å². The number of benzene rings is 1. The molecule has 2 aromatic rings. The number of esters is 1. The number of carbonyl (C=O) groups is 3. The minimum absolute atomic E-state index is 0.0440. The molecule has 0 aliphatic rings. The Morgan fingerprint density at radius 2 is 2.00 bits per heavy atom. The van der Waals surface area contributed by atoms with Crippen molar-refractivity contribution < 1.29 is 23.5 Å². The second-order valence-electron chi connectivity index (χ2n) is 5.63. The Hall–Kier alpha value is -3.00. The van der Waals surface area contributed by atoms with Crippen molar-refractivity contribution in [3.8, 4) is 0 Å². The molecule has 0 aliphatic carbocycles. The van der Waals surface area contributed by atoms with E-state index in [9.17, 15) is 18.8 Å². The van der Waals surface area contributed by atoms with E-state index in [0.29, 0.717) is 10.6 Å². The first-order valence-electron chi connectivity index (χ1n) is 7.92. The Bertz CT molecular complexity index is 875. The van der Waals surface area contributed by atoms with Gasteiger partial charge in [0.15, 0.2) is 6.10 Å². The summed E-state index contributed by atoms with van der Waals surface area (Å²) in [6.07, 6.45) is 0.221. The summed E-state index contributed by atoms with van der Waals surface area (Å²) < 4.78 is 18.4. The summed E-state index contributed by atoms with van der Waals surface area (Å²) in [5.74, 6) is -2.52. The molecule has 0 saturated carbocycles. The van der Waals surface area contributed by atoms with Gasteiger partial charge in [-0.2, -0.15) is 0 Å². The molecule has 0 spiro atoms. The minimum Gasteiger partial charge on any atom is -0.451 e. The fraction of sp³-hybridized carbons (Fsp3) is 0.222. The third-order valence-corrected chi connectivity index (χ3v) is 3.70. The molecule has 0 bridgehead atoms. The normalized spacial score (nSPS) is 11.4. The van der Waals surface area contributed by atoms with Gasteiger partial charge in [-0.05, 0) is 43.7 Å². The van der Waals surface area contributed by atoms with Gasteiger partial charge in [-0.25, -0.2) is 4.39 Å². The Morgan fingerprint density at radius 1 is 1.26 bits per heavy atom. The van der Waals surface area contributed by atoms with Crippen molar-refractivity contribution in [2.45, 2.75) is 20.0 Å². The van der Waals surface area contributed by atoms with Crippen molar-refractivity contribution in [3.05, 3.63) is 58.6 Å². The minimum atomic E-state index is -1.14. The smallest absolute Gasteiger partial charge is 0.326 e. The number of hydrogen-bond acceptors (Lipinski definition) is 5. The van der Waals surface area contributed by atoms with Gasteiger partial charge < -0.3 is 15.4 Å². The number of aryl methyl sites for hydroxylation is 1. The van der Waals surface area contributed by atoms with E-state index in [2.05, 4.69) is 15.6 Å². The maximum Gasteiger partial charge on any atom is 0.326 e. The summed E-state index contributed by atoms with van der Waals surface area (Å²) in [6, 6.07) is 7.07. The number of amides is 2. The summed E-state index contributed by atoms with van der Waals surface area (Å²) in [5.41, 5.74) is 0.728. The summed E-state index contributed by atoms with van der Waals surface area (Å²) in [6.45, 7) is 2.50. The zero-order valence-corrected chi connectivity index (χ0v) is 15.3. The molecule has 2 amide bonds. The number of rotatable bonds is 6. The summed E-state index contributed by atoms with van der Waals surface area (Å²) in [5, 5.41) is 5.09. The van der Waals surface area contributed by atoms with Gasteiger partial charge in [-0.1, -0.05) is 17.7 Å². The third-order valence-electron chi connectivity index (χ3n) is 3.46. The molecule has 0 unspecified atom stereocenters. The standard InChI is InChI=1S/C18H17ClFN3O4/c1-10-3-4-13(8-14(10)20)23-17(25)11(2)27-16(24)9-22-18(26)15-7-12(19)5-6-21-15/h3-8,11H,9H2,1-2H3,(H,22,26)(H,23,25)/t11-/m0/s1. The van der Waals surface area contributed by atoms with E-state index in [1.807, 2.05) is 0 Å². The number of aromatic nitrogens is 1. The van der Waals surface area contributed by atoms with E-state index < -0.39 is 36.2 Å². The Kier molecular flexibility index (Phi) is 6.84. The lowest BCUT2D eigenvalue weighted by atomic mass is 10.2. The molecule has 0 fully saturated rings. The molecule has 1 heterocycles. The largest absolute Gasteiger partial charge is 0.451 e. The zero-order chi connectivity index (χ0) is 20.0. The van der Waals surface area contributed by atoms with Crippen LogP contribution in [0.2, 0.25) is 5.02 Å². The van der Waals surface area contributed by atoms with E-state index in [4.69, 9.17) is 16.3 Å². The Labute approximate surface area is 159 Å². The Morgan fingerprint density at radius 3 is 2.67 bits per heavy atom. The SMILES string of the molecule is Cc1ccc(NC(=O)[C@H](C)OC(=O)CNC(=O)c2cc(Cl)ccn2)cc1F. The topological polar surface area (TPSA) is 97.4 Å². The fourth-order valence-corrected chi connectivity index (χ4v) is 2.14. The molecule has 9 heteroatoms. The molecule has 1 aromatic heterocycles. The van der Waals surface area contributed by atoms with Crippen molar-refractivity contribution in [1.29, 1.82) is 0 Å². The second-order valence-corrected chi connectivity index (χ2v) is 6.06. The maximum absolute atomic E-state index is 13.5. The van der Waals surface area contributed by atoms with Crippen LogP contribution >= 0.6 is 11.6 Å². The lowest BCUT2D eigenvalue weighted by Gasteiger charge is -2.14. The monoisotopic (exact) mass is 393 g/mol. The van der Waals surface area contributed by atoms with Crippen molar-refractivity contribution in [2.75, 3.05) is 11.9 Å². The molecular formula is C18H17ClFN3O4. The third kappa shape index (κ3) is 6.03. The van der Waals surface area contributed by atoms with Crippen LogP contribution in [0.3, 0.4) is 0 Å². The van der Waals surface area contributed by atoms with Gasteiger partial charge in [0.05, 0.1) is 0 Å². The van der Waals surface area contributed by atoms with E-state index in [1.54, 1.807) is 6.92 Å². The number of halogens is 2. The highest BCUT2D eigenvalue weighted by Crippen LogP contribution is 2.14. The summed E-state index contributed by atoms with van der Waals surface area (Å²) in [7, 11) is 0. The second kappa shape index (κ2) is 9.09. The van der Waals surface area contributed by atoms with Crippen molar-refractivity contribution in [1.82, 2.24) is 10.3 Å². The molecule has 2 rings (SSSR count). The van der Waals surface area contributed by atoms with Crippen LogP contribution in [0.1, 0.15) is 23.0 Å². The summed E-state index contributed by atoms with van der Waals surface area (Å²) in [4.78, 5) is 39.5.